The maximum absolute atomic E-state index is 13.2. The third kappa shape index (κ3) is 6.95. The first-order valence-electron chi connectivity index (χ1n) is 9.97. The molecule has 0 atom stereocenters. The van der Waals surface area contributed by atoms with Crippen molar-refractivity contribution in [2.75, 3.05) is 18.9 Å². The van der Waals surface area contributed by atoms with Crippen molar-refractivity contribution in [3.8, 4) is 5.75 Å². The lowest BCUT2D eigenvalue weighted by Crippen LogP contribution is -2.24. The first-order valence-corrected chi connectivity index (χ1v) is 10.4. The molecule has 1 aromatic heterocycles. The Morgan fingerprint density at radius 3 is 2.42 bits per heavy atom. The summed E-state index contributed by atoms with van der Waals surface area (Å²) in [5, 5.41) is 3.73. The summed E-state index contributed by atoms with van der Waals surface area (Å²) in [7, 11) is 1.27. The molecule has 0 saturated carbocycles. The molecular weight excluding hydrogens is 429 g/mol. The highest BCUT2D eigenvalue weighted by atomic mass is 35.5. The summed E-state index contributed by atoms with van der Waals surface area (Å²) in [6.07, 6.45) is -1.87. The molecule has 9 heteroatoms. The number of halogens is 4. The summed E-state index contributed by atoms with van der Waals surface area (Å²) in [5.74, 6) is 1.07. The quantitative estimate of drug-likeness (QED) is 0.395. The Balaban J connectivity index is 2.01. The van der Waals surface area contributed by atoms with E-state index in [1.807, 2.05) is 13.8 Å². The maximum Gasteiger partial charge on any atom is 0.421 e. The van der Waals surface area contributed by atoms with Crippen LogP contribution in [0.2, 0.25) is 5.02 Å². The second-order valence-corrected chi connectivity index (χ2v) is 7.09. The molecule has 0 saturated heterocycles. The molecule has 2 aromatic rings. The topological polar surface area (TPSA) is 59.4 Å². The smallest absolute Gasteiger partial charge is 0.421 e. The number of aryl methyl sites for hydroxylation is 2. The monoisotopic (exact) mass is 454 g/mol. The van der Waals surface area contributed by atoms with Gasteiger partial charge in [0.15, 0.2) is 0 Å². The molecule has 31 heavy (non-hydrogen) atoms. The van der Waals surface area contributed by atoms with Crippen LogP contribution in [-0.2, 0) is 12.8 Å². The first kappa shape index (κ1) is 24.7. The van der Waals surface area contributed by atoms with Crippen molar-refractivity contribution in [1.82, 2.24) is 9.97 Å². The molecule has 1 aromatic carbocycles. The average molecular weight is 455 g/mol. The van der Waals surface area contributed by atoms with Crippen LogP contribution in [0.5, 0.6) is 5.75 Å². The molecule has 1 N–H and O–H groups in total. The number of ether oxygens (including phenoxy) is 1. The van der Waals surface area contributed by atoms with E-state index in [0.717, 1.165) is 17.3 Å². The van der Waals surface area contributed by atoms with Crippen LogP contribution in [-0.4, -0.2) is 35.6 Å². The third-order valence-electron chi connectivity index (χ3n) is 4.36. The second kappa shape index (κ2) is 11.1. The number of nitrogens with zero attached hydrogens (tertiary/aromatic N) is 3. The van der Waals surface area contributed by atoms with Gasteiger partial charge in [0.05, 0.1) is 5.69 Å². The zero-order chi connectivity index (χ0) is 23.0. The van der Waals surface area contributed by atoms with E-state index in [9.17, 15) is 13.2 Å². The number of anilines is 1. The van der Waals surface area contributed by atoms with Gasteiger partial charge in [0.2, 0.25) is 5.90 Å². The lowest BCUT2D eigenvalue weighted by atomic mass is 10.1. The molecule has 0 aliphatic carbocycles. The van der Waals surface area contributed by atoms with E-state index >= 15 is 0 Å². The fraction of sp³-hybridized carbons (Fsp3) is 0.409. The van der Waals surface area contributed by atoms with Crippen molar-refractivity contribution in [3.63, 3.8) is 0 Å². The summed E-state index contributed by atoms with van der Waals surface area (Å²) in [5.41, 5.74) is 0.892. The highest BCUT2D eigenvalue weighted by Gasteiger charge is 2.37. The molecule has 0 bridgehead atoms. The average Bonchev–Trinajstić information content (AvgIpc) is 2.73. The van der Waals surface area contributed by atoms with Gasteiger partial charge in [0.1, 0.15) is 28.0 Å². The molecule has 5 nitrogen and oxygen atoms in total. The summed E-state index contributed by atoms with van der Waals surface area (Å²) in [6, 6.07) is 6.84. The van der Waals surface area contributed by atoms with Crippen LogP contribution in [0.1, 0.15) is 37.4 Å². The van der Waals surface area contributed by atoms with Crippen molar-refractivity contribution in [2.45, 2.75) is 46.2 Å². The van der Waals surface area contributed by atoms with Gasteiger partial charge in [-0.05, 0) is 43.9 Å². The van der Waals surface area contributed by atoms with Crippen LogP contribution in [0.3, 0.4) is 0 Å². The van der Waals surface area contributed by atoms with Gasteiger partial charge in [-0.25, -0.2) is 9.97 Å². The van der Waals surface area contributed by atoms with Gasteiger partial charge in [0, 0.05) is 13.6 Å². The van der Waals surface area contributed by atoms with E-state index < -0.39 is 17.6 Å². The number of aliphatic imine (C=N–C) groups is 1. The predicted molar refractivity (Wildman–Crippen MR) is 118 cm³/mol. The fourth-order valence-corrected chi connectivity index (χ4v) is 3.16. The van der Waals surface area contributed by atoms with Gasteiger partial charge >= 0.3 is 6.18 Å². The molecule has 0 amide bonds. The molecule has 0 unspecified atom stereocenters. The number of allylic oxidation sites excluding steroid dienone is 1. The van der Waals surface area contributed by atoms with Gasteiger partial charge in [-0.2, -0.15) is 13.2 Å². The summed E-state index contributed by atoms with van der Waals surface area (Å²) >= 11 is 6.33. The Morgan fingerprint density at radius 2 is 1.87 bits per heavy atom. The van der Waals surface area contributed by atoms with Gasteiger partial charge in [0.25, 0.3) is 0 Å². The third-order valence-corrected chi connectivity index (χ3v) is 4.75. The highest BCUT2D eigenvalue weighted by Crippen LogP contribution is 2.28. The minimum Gasteiger partial charge on any atom is -0.439 e. The van der Waals surface area contributed by atoms with Crippen LogP contribution in [0.25, 0.3) is 0 Å². The Kier molecular flexibility index (Phi) is 8.86. The predicted octanol–water partition coefficient (Wildman–Crippen LogP) is 5.96. The molecule has 0 spiro atoms. The van der Waals surface area contributed by atoms with Gasteiger partial charge in [-0.1, -0.05) is 43.7 Å². The first-order chi connectivity index (χ1) is 14.7. The van der Waals surface area contributed by atoms with Gasteiger partial charge in [-0.15, -0.1) is 0 Å². The number of hydrogen-bond acceptors (Lipinski definition) is 5. The van der Waals surface area contributed by atoms with Gasteiger partial charge < -0.3 is 10.1 Å². The van der Waals surface area contributed by atoms with Crippen LogP contribution in [0.4, 0.5) is 19.0 Å². The highest BCUT2D eigenvalue weighted by molar-refractivity contribution is 6.33. The van der Waals surface area contributed by atoms with Crippen LogP contribution in [0, 0.1) is 6.92 Å². The number of alkyl halides is 3. The Morgan fingerprint density at radius 1 is 1.19 bits per heavy atom. The minimum atomic E-state index is -4.53. The van der Waals surface area contributed by atoms with Gasteiger partial charge in [-0.3, -0.25) is 4.99 Å². The zero-order valence-corrected chi connectivity index (χ0v) is 18.7. The van der Waals surface area contributed by atoms with Crippen LogP contribution < -0.4 is 10.1 Å². The van der Waals surface area contributed by atoms with Crippen molar-refractivity contribution < 1.29 is 17.9 Å². The maximum atomic E-state index is 13.2. The Hall–Kier alpha value is -2.61. The van der Waals surface area contributed by atoms with E-state index in [0.29, 0.717) is 36.1 Å². The lowest BCUT2D eigenvalue weighted by molar-refractivity contribution is -0.0873. The number of rotatable bonds is 8. The van der Waals surface area contributed by atoms with Crippen molar-refractivity contribution >= 4 is 23.3 Å². The molecule has 0 aliphatic rings. The molecule has 0 aliphatic heterocycles. The minimum absolute atomic E-state index is 0.221. The number of nitrogens with one attached hydrogen (secondary N) is 1. The van der Waals surface area contributed by atoms with E-state index in [-0.39, 0.29) is 12.2 Å². The summed E-state index contributed by atoms with van der Waals surface area (Å²) in [6.45, 7) is 6.00. The van der Waals surface area contributed by atoms with E-state index in [4.69, 9.17) is 16.3 Å². The summed E-state index contributed by atoms with van der Waals surface area (Å²) < 4.78 is 45.1. The van der Waals surface area contributed by atoms with E-state index in [1.165, 1.54) is 7.05 Å². The molecule has 1 heterocycles. The Bertz CT molecular complexity index is 941. The number of benzene rings is 1. The second-order valence-electron chi connectivity index (χ2n) is 6.71. The molecule has 2 rings (SSSR count). The van der Waals surface area contributed by atoms with E-state index in [1.54, 1.807) is 31.2 Å². The number of hydrogen-bond donors (Lipinski definition) is 1. The molecule has 0 fully saturated rings. The lowest BCUT2D eigenvalue weighted by Gasteiger charge is -2.15. The molecule has 168 valence electrons. The van der Waals surface area contributed by atoms with Crippen molar-refractivity contribution in [3.05, 3.63) is 58.0 Å². The Labute approximate surface area is 185 Å². The standard InChI is InChI=1S/C22H26ClF3N4O/c1-5-7-17(22(24,25)26)21(27-4)31-16-10-8-15(9-11-16)12-13-28-20-19(23)18(6-2)29-14(3)30-20/h7-11H,5-6,12-13H2,1-4H3,(H,28,29,30)/b17-7+,27-21?. The fourth-order valence-electron chi connectivity index (χ4n) is 2.88. The largest absolute Gasteiger partial charge is 0.439 e. The van der Waals surface area contributed by atoms with E-state index in [2.05, 4.69) is 20.3 Å². The molecular formula is C22H26ClF3N4O. The van der Waals surface area contributed by atoms with Crippen molar-refractivity contribution in [1.29, 1.82) is 0 Å². The normalized spacial score (nSPS) is 12.8. The summed E-state index contributed by atoms with van der Waals surface area (Å²) in [4.78, 5) is 12.3. The van der Waals surface area contributed by atoms with Crippen molar-refractivity contribution in [2.24, 2.45) is 4.99 Å². The number of aromatic nitrogens is 2. The SMILES string of the molecule is CC/C=C(\C(=NC)Oc1ccc(CCNc2nc(C)nc(CC)c2Cl)cc1)C(F)(F)F. The molecule has 0 radical (unpaired) electrons. The van der Waals surface area contributed by atoms with Crippen LogP contribution >= 0.6 is 11.6 Å². The zero-order valence-electron chi connectivity index (χ0n) is 18.0. The van der Waals surface area contributed by atoms with Crippen LogP contribution in [0.15, 0.2) is 40.9 Å².